The largest absolute Gasteiger partial charge is 0.392 e. The van der Waals surface area contributed by atoms with Gasteiger partial charge in [0.2, 0.25) is 0 Å². The second-order valence-electron chi connectivity index (χ2n) is 2.92. The minimum atomic E-state index is -3.47. The van der Waals surface area contributed by atoms with Crippen LogP contribution in [0.3, 0.4) is 0 Å². The number of nitrogens with two attached hydrogens (primary N) is 1. The highest BCUT2D eigenvalue weighted by molar-refractivity contribution is 7.91. The van der Waals surface area contributed by atoms with Gasteiger partial charge in [0.25, 0.3) is 10.0 Å². The van der Waals surface area contributed by atoms with E-state index in [-0.39, 0.29) is 9.20 Å². The van der Waals surface area contributed by atoms with Gasteiger partial charge in [-0.05, 0) is 17.9 Å². The summed E-state index contributed by atoms with van der Waals surface area (Å²) in [5.74, 6) is 0. The van der Waals surface area contributed by atoms with Gasteiger partial charge in [0.05, 0.1) is 11.0 Å². The van der Waals surface area contributed by atoms with Crippen LogP contribution in [0.15, 0.2) is 21.7 Å². The number of nitrogens with one attached hydrogen (secondary N) is 1. The van der Waals surface area contributed by atoms with Crippen LogP contribution in [0.1, 0.15) is 13.3 Å². The third-order valence-corrected chi connectivity index (χ3v) is 4.96. The van der Waals surface area contributed by atoms with Gasteiger partial charge < -0.3 is 5.73 Å². The van der Waals surface area contributed by atoms with E-state index in [1.54, 1.807) is 17.5 Å². The van der Waals surface area contributed by atoms with Crippen LogP contribution >= 0.6 is 23.6 Å². The van der Waals surface area contributed by atoms with Crippen LogP contribution in [0.5, 0.6) is 0 Å². The summed E-state index contributed by atoms with van der Waals surface area (Å²) in [5.41, 5.74) is 5.42. The summed E-state index contributed by atoms with van der Waals surface area (Å²) in [6, 6.07) is 2.74. The van der Waals surface area contributed by atoms with Crippen molar-refractivity contribution in [3.05, 3.63) is 17.5 Å². The Morgan fingerprint density at radius 2 is 2.40 bits per heavy atom. The summed E-state index contributed by atoms with van der Waals surface area (Å²) >= 11 is 5.93. The van der Waals surface area contributed by atoms with Gasteiger partial charge in [-0.3, -0.25) is 0 Å². The van der Waals surface area contributed by atoms with Crippen LogP contribution in [-0.2, 0) is 10.0 Å². The van der Waals surface area contributed by atoms with Gasteiger partial charge in [-0.1, -0.05) is 25.2 Å². The topological polar surface area (TPSA) is 72.2 Å². The molecule has 0 saturated heterocycles. The first kappa shape index (κ1) is 12.6. The fraction of sp³-hybridized carbons (Fsp3) is 0.375. The predicted octanol–water partition coefficient (Wildman–Crippen LogP) is 1.09. The molecule has 0 spiro atoms. The van der Waals surface area contributed by atoms with Gasteiger partial charge >= 0.3 is 0 Å². The van der Waals surface area contributed by atoms with Crippen molar-refractivity contribution in [3.63, 3.8) is 0 Å². The summed E-state index contributed by atoms with van der Waals surface area (Å²) in [7, 11) is -3.47. The zero-order valence-electron chi connectivity index (χ0n) is 8.14. The maximum absolute atomic E-state index is 11.8. The molecule has 0 bridgehead atoms. The molecule has 0 aliphatic carbocycles. The Hall–Kier alpha value is -0.500. The number of sulfonamides is 1. The van der Waals surface area contributed by atoms with E-state index >= 15 is 0 Å². The molecule has 1 unspecified atom stereocenters. The summed E-state index contributed by atoms with van der Waals surface area (Å²) < 4.78 is 26.2. The fourth-order valence-electron chi connectivity index (χ4n) is 1.00. The summed E-state index contributed by atoms with van der Waals surface area (Å²) in [5, 5.41) is 1.70. The SMILES string of the molecule is CCC(NS(=O)(=O)c1cccs1)C(N)=S. The average Bonchev–Trinajstić information content (AvgIpc) is 2.67. The Labute approximate surface area is 98.5 Å². The Morgan fingerprint density at radius 1 is 1.73 bits per heavy atom. The lowest BCUT2D eigenvalue weighted by Gasteiger charge is -2.14. The molecule has 1 aromatic heterocycles. The Kier molecular flexibility index (Phi) is 4.21. The van der Waals surface area contributed by atoms with Gasteiger partial charge in [-0.15, -0.1) is 11.3 Å². The van der Waals surface area contributed by atoms with E-state index in [2.05, 4.69) is 4.72 Å². The Bertz CT molecular complexity index is 425. The smallest absolute Gasteiger partial charge is 0.250 e. The van der Waals surface area contributed by atoms with Crippen molar-refractivity contribution in [2.75, 3.05) is 0 Å². The summed E-state index contributed by atoms with van der Waals surface area (Å²) in [6.45, 7) is 1.82. The lowest BCUT2D eigenvalue weighted by atomic mass is 10.2. The van der Waals surface area contributed by atoms with Crippen molar-refractivity contribution in [1.82, 2.24) is 4.72 Å². The molecule has 0 amide bonds. The Balaban J connectivity index is 2.86. The van der Waals surface area contributed by atoms with Crippen LogP contribution in [0.4, 0.5) is 0 Å². The van der Waals surface area contributed by atoms with E-state index in [1.807, 2.05) is 6.92 Å². The number of rotatable bonds is 5. The molecule has 15 heavy (non-hydrogen) atoms. The van der Waals surface area contributed by atoms with Crippen LogP contribution in [-0.4, -0.2) is 19.4 Å². The molecule has 84 valence electrons. The average molecular weight is 264 g/mol. The van der Waals surface area contributed by atoms with Crippen LogP contribution in [0.2, 0.25) is 0 Å². The summed E-state index contributed by atoms with van der Waals surface area (Å²) in [4.78, 5) is 0.164. The van der Waals surface area contributed by atoms with E-state index in [0.717, 1.165) is 11.3 Å². The molecule has 7 heteroatoms. The number of thiophene rings is 1. The van der Waals surface area contributed by atoms with Crippen molar-refractivity contribution < 1.29 is 8.42 Å². The molecule has 1 heterocycles. The standard InChI is InChI=1S/C8H12N2O2S3/c1-2-6(8(9)13)10-15(11,12)7-4-3-5-14-7/h3-6,10H,2H2,1H3,(H2,9,13). The predicted molar refractivity (Wildman–Crippen MR) is 65.5 cm³/mol. The highest BCUT2D eigenvalue weighted by Crippen LogP contribution is 2.16. The first-order valence-corrected chi connectivity index (χ1v) is 7.09. The van der Waals surface area contributed by atoms with Crippen LogP contribution < -0.4 is 10.5 Å². The highest BCUT2D eigenvalue weighted by atomic mass is 32.2. The fourth-order valence-corrected chi connectivity index (χ4v) is 3.61. The molecule has 0 aliphatic rings. The van der Waals surface area contributed by atoms with E-state index in [1.165, 1.54) is 0 Å². The van der Waals surface area contributed by atoms with E-state index in [0.29, 0.717) is 6.42 Å². The summed E-state index contributed by atoms with van der Waals surface area (Å²) in [6.07, 6.45) is 0.542. The molecule has 0 aliphatic heterocycles. The van der Waals surface area contributed by atoms with Gasteiger partial charge in [-0.25, -0.2) is 13.1 Å². The first-order chi connectivity index (χ1) is 6.97. The monoisotopic (exact) mass is 264 g/mol. The third kappa shape index (κ3) is 3.23. The second kappa shape index (κ2) is 5.02. The normalized spacial score (nSPS) is 13.7. The van der Waals surface area contributed by atoms with Crippen molar-refractivity contribution in [2.45, 2.75) is 23.6 Å². The minimum absolute atomic E-state index is 0.164. The zero-order chi connectivity index (χ0) is 11.5. The van der Waals surface area contributed by atoms with E-state index in [4.69, 9.17) is 18.0 Å². The maximum atomic E-state index is 11.8. The number of hydrogen-bond acceptors (Lipinski definition) is 4. The molecule has 4 nitrogen and oxygen atoms in total. The molecular weight excluding hydrogens is 252 g/mol. The molecule has 1 aromatic rings. The number of thiocarbonyl (C=S) groups is 1. The molecule has 3 N–H and O–H groups in total. The van der Waals surface area contributed by atoms with Crippen molar-refractivity contribution >= 4 is 38.6 Å². The van der Waals surface area contributed by atoms with Crippen molar-refractivity contribution in [1.29, 1.82) is 0 Å². The van der Waals surface area contributed by atoms with Gasteiger partial charge in [0.15, 0.2) is 0 Å². The second-order valence-corrected chi connectivity index (χ2v) is 6.28. The van der Waals surface area contributed by atoms with Crippen LogP contribution in [0.25, 0.3) is 0 Å². The highest BCUT2D eigenvalue weighted by Gasteiger charge is 2.21. The third-order valence-electron chi connectivity index (χ3n) is 1.81. The van der Waals surface area contributed by atoms with Gasteiger partial charge in [-0.2, -0.15) is 0 Å². The molecular formula is C8H12N2O2S3. The molecule has 1 atom stereocenters. The van der Waals surface area contributed by atoms with Crippen molar-refractivity contribution in [2.24, 2.45) is 5.73 Å². The lowest BCUT2D eigenvalue weighted by molar-refractivity contribution is 0.574. The molecule has 0 fully saturated rings. The van der Waals surface area contributed by atoms with E-state index < -0.39 is 16.1 Å². The maximum Gasteiger partial charge on any atom is 0.250 e. The van der Waals surface area contributed by atoms with Gasteiger partial charge in [0, 0.05) is 0 Å². The molecule has 0 aromatic carbocycles. The quantitative estimate of drug-likeness (QED) is 0.781. The Morgan fingerprint density at radius 3 is 2.80 bits per heavy atom. The zero-order valence-corrected chi connectivity index (χ0v) is 10.6. The lowest BCUT2D eigenvalue weighted by Crippen LogP contribution is -2.42. The molecule has 0 radical (unpaired) electrons. The first-order valence-electron chi connectivity index (χ1n) is 4.32. The van der Waals surface area contributed by atoms with E-state index in [9.17, 15) is 8.42 Å². The van der Waals surface area contributed by atoms with Gasteiger partial charge in [0.1, 0.15) is 4.21 Å². The minimum Gasteiger partial charge on any atom is -0.392 e. The van der Waals surface area contributed by atoms with Crippen molar-refractivity contribution in [3.8, 4) is 0 Å². The molecule has 0 saturated carbocycles. The number of hydrogen-bond donors (Lipinski definition) is 2. The van der Waals surface area contributed by atoms with Crippen LogP contribution in [0, 0.1) is 0 Å². The molecule has 1 rings (SSSR count).